The molecule has 0 unspecified atom stereocenters. The number of rotatable bonds is 5. The van der Waals surface area contributed by atoms with Crippen molar-refractivity contribution in [2.45, 2.75) is 24.9 Å². The Morgan fingerprint density at radius 2 is 2.18 bits per heavy atom. The van der Waals surface area contributed by atoms with Crippen LogP contribution in [0.15, 0.2) is 35.4 Å². The number of aromatic amines is 1. The average Bonchev–Trinajstić information content (AvgIpc) is 3.40. The van der Waals surface area contributed by atoms with Gasteiger partial charge in [0.05, 0.1) is 20.5 Å². The highest BCUT2D eigenvalue weighted by Crippen LogP contribution is 2.32. The molecular formula is C20H20F4N8O. The number of aromatic nitrogens is 6. The molecule has 1 aliphatic rings. The van der Waals surface area contributed by atoms with Crippen LogP contribution in [0.1, 0.15) is 1.37 Å². The molecule has 0 amide bonds. The fourth-order valence-corrected chi connectivity index (χ4v) is 4.02. The van der Waals surface area contributed by atoms with Crippen molar-refractivity contribution < 1.29 is 23.7 Å². The van der Waals surface area contributed by atoms with Crippen LogP contribution < -0.4 is 10.4 Å². The quantitative estimate of drug-likeness (QED) is 0.457. The van der Waals surface area contributed by atoms with Gasteiger partial charge in [-0.15, -0.1) is 5.10 Å². The fraction of sp³-hybridized carbons (Fsp3) is 0.400. The van der Waals surface area contributed by atoms with E-state index in [4.69, 9.17) is 6.11 Å². The van der Waals surface area contributed by atoms with Crippen LogP contribution in [0.4, 0.5) is 17.6 Å². The number of halogens is 4. The summed E-state index contributed by atoms with van der Waals surface area (Å²) in [5.41, 5.74) is 2.22. The second kappa shape index (κ2) is 7.83. The van der Waals surface area contributed by atoms with E-state index in [1.165, 1.54) is 22.6 Å². The number of methoxy groups -OCH3 is 1. The van der Waals surface area contributed by atoms with Crippen LogP contribution >= 0.6 is 0 Å². The van der Waals surface area contributed by atoms with Gasteiger partial charge < -0.3 is 4.74 Å². The Labute approximate surface area is 185 Å². The topological polar surface area (TPSA) is 88.6 Å². The lowest BCUT2D eigenvalue weighted by Gasteiger charge is -2.13. The molecule has 5 rings (SSSR count). The number of likely N-dealkylation sites (N-methyl/N-ethyl adjacent to an activating group) is 1. The molecule has 0 bridgehead atoms. The molecule has 1 saturated heterocycles. The lowest BCUT2D eigenvalue weighted by molar-refractivity contribution is 0.000406. The van der Waals surface area contributed by atoms with Crippen LogP contribution in [0, 0.1) is 0 Å². The average molecular weight is 465 g/mol. The van der Waals surface area contributed by atoms with Gasteiger partial charge >= 0.3 is 0 Å². The van der Waals surface area contributed by atoms with E-state index in [0.717, 1.165) is 4.68 Å². The summed E-state index contributed by atoms with van der Waals surface area (Å²) in [6.45, 7) is -0.948. The van der Waals surface area contributed by atoms with Crippen LogP contribution in [0.2, 0.25) is 0 Å². The van der Waals surface area contributed by atoms with E-state index in [9.17, 15) is 17.6 Å². The molecule has 1 atom stereocenters. The number of likely N-dealkylation sites (tertiary alicyclic amines) is 1. The smallest absolute Gasteiger partial charge is 0.283 e. The van der Waals surface area contributed by atoms with Crippen LogP contribution in [0.5, 0.6) is 5.88 Å². The number of benzene rings is 1. The van der Waals surface area contributed by atoms with E-state index in [1.54, 1.807) is 25.2 Å². The monoisotopic (exact) mass is 465 g/mol. The normalized spacial score (nSPS) is 19.8. The molecule has 0 spiro atoms. The number of ether oxygens (including phenoxy) is 1. The lowest BCUT2D eigenvalue weighted by atomic mass is 10.1. The minimum Gasteiger partial charge on any atom is -0.479 e. The summed E-state index contributed by atoms with van der Waals surface area (Å²) in [5.74, 6) is -2.94. The van der Waals surface area contributed by atoms with Gasteiger partial charge in [-0.2, -0.15) is 4.98 Å². The summed E-state index contributed by atoms with van der Waals surface area (Å²) in [5, 5.41) is 10.5. The van der Waals surface area contributed by atoms with E-state index in [1.807, 2.05) is 0 Å². The van der Waals surface area contributed by atoms with Gasteiger partial charge in [-0.3, -0.25) is 14.5 Å². The number of nitrogens with zero attached hydrogens (tertiary/aromatic N) is 7. The molecule has 1 aromatic carbocycles. The molecule has 0 radical (unpaired) electrons. The summed E-state index contributed by atoms with van der Waals surface area (Å²) in [7, 11) is 2.96. The standard InChI is InChI=1S/C20H20F4N8O/c1-30-8-15(20(23,24)10-30)25-19-26-18(33-2)17-12(5-6-31(17)28-19)11-3-4-13-14(7-11)32(29-27-13)9-16(21)22/h3-7,15-16H,8-10H2,1-2H3,(H,25,28)/t15-/m1/s1/i6D. The number of H-pyrrole nitrogens is 1. The molecule has 13 heteroatoms. The van der Waals surface area contributed by atoms with E-state index in [2.05, 4.69) is 25.4 Å². The minimum absolute atomic E-state index is 0.00300. The Hall–Kier alpha value is -3.48. The van der Waals surface area contributed by atoms with Gasteiger partial charge in [0.15, 0.2) is 0 Å². The number of hydrogen-bond donors (Lipinski definition) is 1. The second-order valence-electron chi connectivity index (χ2n) is 7.90. The number of fused-ring (bicyclic) bond motifs is 2. The lowest BCUT2D eigenvalue weighted by Crippen LogP contribution is -2.33. The first-order valence-electron chi connectivity index (χ1n) is 10.5. The maximum Gasteiger partial charge on any atom is 0.283 e. The Morgan fingerprint density at radius 1 is 1.36 bits per heavy atom. The minimum atomic E-state index is -3.01. The molecule has 4 heterocycles. The van der Waals surface area contributed by atoms with Crippen LogP contribution in [-0.2, 0) is 6.54 Å². The first-order chi connectivity index (χ1) is 16.2. The molecule has 4 aromatic rings. The van der Waals surface area contributed by atoms with Crippen molar-refractivity contribution in [2.24, 2.45) is 4.99 Å². The van der Waals surface area contributed by atoms with Crippen LogP contribution in [0.25, 0.3) is 27.7 Å². The van der Waals surface area contributed by atoms with Gasteiger partial charge in [0.25, 0.3) is 12.3 Å². The number of hydrogen-bond acceptors (Lipinski definition) is 6. The highest BCUT2D eigenvalue weighted by molar-refractivity contribution is 5.89. The van der Waals surface area contributed by atoms with Crippen molar-refractivity contribution in [3.63, 3.8) is 0 Å². The van der Waals surface area contributed by atoms with Gasteiger partial charge in [0, 0.05) is 18.3 Å². The molecule has 33 heavy (non-hydrogen) atoms. The first-order valence-corrected chi connectivity index (χ1v) is 10.0. The summed E-state index contributed by atoms with van der Waals surface area (Å²) < 4.78 is 70.5. The van der Waals surface area contributed by atoms with Gasteiger partial charge in [0.1, 0.15) is 23.6 Å². The predicted molar refractivity (Wildman–Crippen MR) is 110 cm³/mol. The van der Waals surface area contributed by atoms with Crippen molar-refractivity contribution in [3.8, 4) is 17.0 Å². The maximum atomic E-state index is 14.2. The third-order valence-electron chi connectivity index (χ3n) is 5.50. The summed E-state index contributed by atoms with van der Waals surface area (Å²) in [6, 6.07) is 5.22. The zero-order valence-corrected chi connectivity index (χ0v) is 17.6. The molecule has 0 aliphatic carbocycles. The second-order valence-corrected chi connectivity index (χ2v) is 7.90. The number of nitrogens with one attached hydrogen (secondary N) is 1. The summed E-state index contributed by atoms with van der Waals surface area (Å²) >= 11 is 0. The van der Waals surface area contributed by atoms with Gasteiger partial charge in [0.2, 0.25) is 11.5 Å². The third kappa shape index (κ3) is 3.81. The summed E-state index contributed by atoms with van der Waals surface area (Å²) in [4.78, 5) is 9.82. The van der Waals surface area contributed by atoms with Crippen molar-refractivity contribution in [3.05, 3.63) is 36.1 Å². The zero-order valence-electron chi connectivity index (χ0n) is 18.6. The maximum absolute atomic E-state index is 14.2. The molecular weight excluding hydrogens is 444 g/mol. The van der Waals surface area contributed by atoms with E-state index < -0.39 is 31.5 Å². The predicted octanol–water partition coefficient (Wildman–Crippen LogP) is 2.20. The Morgan fingerprint density at radius 3 is 2.88 bits per heavy atom. The molecule has 1 fully saturated rings. The van der Waals surface area contributed by atoms with Crippen molar-refractivity contribution in [1.82, 2.24) is 34.5 Å². The number of alkyl halides is 4. The van der Waals surface area contributed by atoms with E-state index in [-0.39, 0.29) is 24.2 Å². The van der Waals surface area contributed by atoms with Crippen LogP contribution in [-0.4, -0.2) is 80.1 Å². The highest BCUT2D eigenvalue weighted by Gasteiger charge is 2.47. The van der Waals surface area contributed by atoms with E-state index in [0.29, 0.717) is 27.7 Å². The fourth-order valence-electron chi connectivity index (χ4n) is 4.02. The third-order valence-corrected chi connectivity index (χ3v) is 5.50. The Kier molecular flexibility index (Phi) is 4.78. The van der Waals surface area contributed by atoms with Gasteiger partial charge in [-0.05, 0) is 30.8 Å². The SMILES string of the molecule is [2H]c1cc(-c2ccc3nnn(CC(F)F)c3c2)c2c(OC)nc(=N[C@@H]3CN(C)CC3(F)F)[nH]n12. The van der Waals surface area contributed by atoms with Crippen molar-refractivity contribution in [1.29, 1.82) is 0 Å². The molecule has 1 N–H and O–H groups in total. The van der Waals surface area contributed by atoms with Crippen LogP contribution in [0.3, 0.4) is 0 Å². The molecule has 0 saturated carbocycles. The molecule has 9 nitrogen and oxygen atoms in total. The van der Waals surface area contributed by atoms with Crippen molar-refractivity contribution >= 4 is 16.6 Å². The van der Waals surface area contributed by atoms with E-state index >= 15 is 0 Å². The van der Waals surface area contributed by atoms with Gasteiger partial charge in [-0.25, -0.2) is 27.2 Å². The van der Waals surface area contributed by atoms with Gasteiger partial charge in [-0.1, -0.05) is 11.3 Å². The summed E-state index contributed by atoms with van der Waals surface area (Å²) in [6.07, 6.45) is -2.60. The Bertz CT molecular complexity index is 1450. The Balaban J connectivity index is 1.65. The zero-order chi connectivity index (χ0) is 24.2. The molecule has 174 valence electrons. The van der Waals surface area contributed by atoms with Crippen molar-refractivity contribution in [2.75, 3.05) is 27.2 Å². The largest absolute Gasteiger partial charge is 0.479 e. The molecule has 1 aliphatic heterocycles. The highest BCUT2D eigenvalue weighted by atomic mass is 19.3. The first kappa shape index (κ1) is 20.1. The molecule has 3 aromatic heterocycles.